The predicted molar refractivity (Wildman–Crippen MR) is 71.5 cm³/mol. The molecule has 1 rings (SSSR count). The molecule has 0 radical (unpaired) electrons. The van der Waals surface area contributed by atoms with E-state index in [1.54, 1.807) is 7.11 Å². The van der Waals surface area contributed by atoms with Crippen LogP contribution in [0, 0.1) is 5.92 Å². The number of rotatable bonds is 5. The molecule has 5 heteroatoms. The number of nitrogens with one attached hydrogen (secondary N) is 2. The molecule has 1 heterocycles. The van der Waals surface area contributed by atoms with Crippen LogP contribution in [-0.2, 0) is 9.53 Å². The van der Waals surface area contributed by atoms with Gasteiger partial charge in [0.2, 0.25) is 5.91 Å². The first-order valence-corrected chi connectivity index (χ1v) is 6.01. The molecule has 0 aromatic rings. The number of ether oxygens (including phenoxy) is 1. The van der Waals surface area contributed by atoms with E-state index in [9.17, 15) is 4.79 Å². The summed E-state index contributed by atoms with van der Waals surface area (Å²) in [6.07, 6.45) is 1.78. The van der Waals surface area contributed by atoms with E-state index in [1.807, 2.05) is 20.8 Å². The maximum atomic E-state index is 11.8. The van der Waals surface area contributed by atoms with E-state index < -0.39 is 0 Å². The van der Waals surface area contributed by atoms with Crippen LogP contribution in [0.3, 0.4) is 0 Å². The smallest absolute Gasteiger partial charge is 0.224 e. The zero-order valence-electron chi connectivity index (χ0n) is 11.2. The van der Waals surface area contributed by atoms with Crippen LogP contribution in [0.5, 0.6) is 0 Å². The summed E-state index contributed by atoms with van der Waals surface area (Å²) in [5.41, 5.74) is -0.180. The van der Waals surface area contributed by atoms with E-state index in [2.05, 4.69) is 10.6 Å². The molecule has 0 spiro atoms. The highest BCUT2D eigenvalue weighted by Crippen LogP contribution is 2.16. The predicted octanol–water partition coefficient (Wildman–Crippen LogP) is 1.34. The SMILES string of the molecule is COC(C)(C)CC(C)NC(=O)C1CCNC1.Cl. The molecule has 102 valence electrons. The molecular formula is C12H25ClN2O2. The quantitative estimate of drug-likeness (QED) is 0.788. The van der Waals surface area contributed by atoms with Crippen LogP contribution in [0.2, 0.25) is 0 Å². The van der Waals surface area contributed by atoms with Gasteiger partial charge in [-0.3, -0.25) is 4.79 Å². The van der Waals surface area contributed by atoms with Crippen LogP contribution < -0.4 is 10.6 Å². The Bertz CT molecular complexity index is 241. The van der Waals surface area contributed by atoms with Gasteiger partial charge >= 0.3 is 0 Å². The molecule has 0 saturated carbocycles. The molecule has 0 bridgehead atoms. The second-order valence-corrected chi connectivity index (χ2v) is 5.27. The molecule has 17 heavy (non-hydrogen) atoms. The summed E-state index contributed by atoms with van der Waals surface area (Å²) < 4.78 is 5.35. The largest absolute Gasteiger partial charge is 0.379 e. The number of halogens is 1. The van der Waals surface area contributed by atoms with E-state index in [0.29, 0.717) is 0 Å². The van der Waals surface area contributed by atoms with Crippen LogP contribution in [0.4, 0.5) is 0 Å². The van der Waals surface area contributed by atoms with E-state index >= 15 is 0 Å². The molecular weight excluding hydrogens is 240 g/mol. The molecule has 1 saturated heterocycles. The van der Waals surface area contributed by atoms with Crippen molar-refractivity contribution in [1.82, 2.24) is 10.6 Å². The number of amides is 1. The summed E-state index contributed by atoms with van der Waals surface area (Å²) >= 11 is 0. The third kappa shape index (κ3) is 5.70. The maximum absolute atomic E-state index is 11.8. The molecule has 1 aliphatic rings. The Morgan fingerprint density at radius 2 is 2.24 bits per heavy atom. The van der Waals surface area contributed by atoms with Crippen LogP contribution in [-0.4, -0.2) is 37.7 Å². The molecule has 0 aliphatic carbocycles. The second kappa shape index (κ2) is 7.19. The van der Waals surface area contributed by atoms with Gasteiger partial charge in [0.25, 0.3) is 0 Å². The van der Waals surface area contributed by atoms with Gasteiger partial charge in [0.15, 0.2) is 0 Å². The van der Waals surface area contributed by atoms with Crippen molar-refractivity contribution < 1.29 is 9.53 Å². The Hall–Kier alpha value is -0.320. The van der Waals surface area contributed by atoms with Crippen molar-refractivity contribution >= 4 is 18.3 Å². The Balaban J connectivity index is 0.00000256. The fraction of sp³-hybridized carbons (Fsp3) is 0.917. The van der Waals surface area contributed by atoms with Gasteiger partial charge in [0, 0.05) is 19.7 Å². The average molecular weight is 265 g/mol. The molecule has 0 aromatic carbocycles. The van der Waals surface area contributed by atoms with Crippen LogP contribution in [0.15, 0.2) is 0 Å². The summed E-state index contributed by atoms with van der Waals surface area (Å²) in [6, 6.07) is 0.156. The third-order valence-electron chi connectivity index (χ3n) is 3.17. The lowest BCUT2D eigenvalue weighted by Gasteiger charge is -2.27. The highest BCUT2D eigenvalue weighted by Gasteiger charge is 2.26. The topological polar surface area (TPSA) is 50.4 Å². The van der Waals surface area contributed by atoms with Gasteiger partial charge in [-0.1, -0.05) is 0 Å². The van der Waals surface area contributed by atoms with Gasteiger partial charge in [-0.2, -0.15) is 0 Å². The van der Waals surface area contributed by atoms with E-state index in [0.717, 1.165) is 25.9 Å². The Morgan fingerprint density at radius 3 is 2.71 bits per heavy atom. The van der Waals surface area contributed by atoms with Crippen molar-refractivity contribution in [2.45, 2.75) is 45.3 Å². The first-order chi connectivity index (χ1) is 7.44. The fourth-order valence-electron chi connectivity index (χ4n) is 2.11. The Labute approximate surface area is 110 Å². The molecule has 1 aliphatic heterocycles. The van der Waals surface area contributed by atoms with Crippen molar-refractivity contribution in [3.63, 3.8) is 0 Å². The standard InChI is InChI=1S/C12H24N2O2.ClH/c1-9(7-12(2,3)16-4)14-11(15)10-5-6-13-8-10;/h9-10,13H,5-8H2,1-4H3,(H,14,15);1H. The summed E-state index contributed by atoms with van der Waals surface area (Å²) in [5, 5.41) is 6.25. The summed E-state index contributed by atoms with van der Waals surface area (Å²) in [4.78, 5) is 11.8. The summed E-state index contributed by atoms with van der Waals surface area (Å²) in [6.45, 7) is 7.86. The monoisotopic (exact) mass is 264 g/mol. The summed E-state index contributed by atoms with van der Waals surface area (Å²) in [7, 11) is 1.70. The van der Waals surface area contributed by atoms with Gasteiger partial charge < -0.3 is 15.4 Å². The van der Waals surface area contributed by atoms with Crippen molar-refractivity contribution in [2.24, 2.45) is 5.92 Å². The van der Waals surface area contributed by atoms with Crippen LogP contribution >= 0.6 is 12.4 Å². The highest BCUT2D eigenvalue weighted by molar-refractivity contribution is 5.85. The van der Waals surface area contributed by atoms with Gasteiger partial charge in [-0.25, -0.2) is 0 Å². The lowest BCUT2D eigenvalue weighted by atomic mass is 9.99. The number of carbonyl (C=O) groups is 1. The van der Waals surface area contributed by atoms with Gasteiger partial charge in [-0.15, -0.1) is 12.4 Å². The zero-order valence-corrected chi connectivity index (χ0v) is 12.0. The Morgan fingerprint density at radius 1 is 1.59 bits per heavy atom. The molecule has 1 amide bonds. The molecule has 4 nitrogen and oxygen atoms in total. The maximum Gasteiger partial charge on any atom is 0.224 e. The number of carbonyl (C=O) groups excluding carboxylic acids is 1. The Kier molecular flexibility index (Phi) is 7.05. The third-order valence-corrected chi connectivity index (χ3v) is 3.17. The summed E-state index contributed by atoms with van der Waals surface area (Å²) in [5.74, 6) is 0.317. The average Bonchev–Trinajstić information content (AvgIpc) is 2.69. The van der Waals surface area contributed by atoms with Crippen LogP contribution in [0.1, 0.15) is 33.6 Å². The first kappa shape index (κ1) is 16.7. The molecule has 2 unspecified atom stereocenters. The van der Waals surface area contributed by atoms with Crippen molar-refractivity contribution in [2.75, 3.05) is 20.2 Å². The lowest BCUT2D eigenvalue weighted by molar-refractivity contribution is -0.125. The lowest BCUT2D eigenvalue weighted by Crippen LogP contribution is -2.42. The second-order valence-electron chi connectivity index (χ2n) is 5.27. The van der Waals surface area contributed by atoms with Crippen molar-refractivity contribution in [3.8, 4) is 0 Å². The number of methoxy groups -OCH3 is 1. The number of hydrogen-bond acceptors (Lipinski definition) is 3. The molecule has 2 N–H and O–H groups in total. The zero-order chi connectivity index (χ0) is 12.2. The van der Waals surface area contributed by atoms with Gasteiger partial charge in [0.1, 0.15) is 0 Å². The number of hydrogen-bond donors (Lipinski definition) is 2. The van der Waals surface area contributed by atoms with Gasteiger partial charge in [0.05, 0.1) is 11.5 Å². The normalized spacial score (nSPS) is 21.8. The van der Waals surface area contributed by atoms with E-state index in [1.165, 1.54) is 0 Å². The van der Waals surface area contributed by atoms with Crippen molar-refractivity contribution in [1.29, 1.82) is 0 Å². The van der Waals surface area contributed by atoms with Gasteiger partial charge in [-0.05, 0) is 40.2 Å². The van der Waals surface area contributed by atoms with E-state index in [4.69, 9.17) is 4.74 Å². The van der Waals surface area contributed by atoms with Crippen molar-refractivity contribution in [3.05, 3.63) is 0 Å². The minimum absolute atomic E-state index is 0. The van der Waals surface area contributed by atoms with Crippen LogP contribution in [0.25, 0.3) is 0 Å². The fourth-order valence-corrected chi connectivity index (χ4v) is 2.11. The van der Waals surface area contributed by atoms with E-state index in [-0.39, 0.29) is 35.9 Å². The molecule has 1 fully saturated rings. The molecule has 0 aromatic heterocycles. The first-order valence-electron chi connectivity index (χ1n) is 6.01. The molecule has 2 atom stereocenters. The highest BCUT2D eigenvalue weighted by atomic mass is 35.5. The minimum atomic E-state index is -0.180. The minimum Gasteiger partial charge on any atom is -0.379 e.